The van der Waals surface area contributed by atoms with Crippen LogP contribution in [-0.4, -0.2) is 32.1 Å². The molecule has 0 fully saturated rings. The number of carbonyl (C=O) groups excluding carboxylic acids is 1. The van der Waals surface area contributed by atoms with Crippen LogP contribution < -0.4 is 15.4 Å². The standard InChI is InChI=1S/C15H24N2O2/c1-4-16-8-9-17-15(18)11-19-14-7-5-6-13(10-14)12(2)3/h5-7,10,12,16H,4,8-9,11H2,1-3H3,(H,17,18). The number of carbonyl (C=O) groups is 1. The third-order valence-corrected chi connectivity index (χ3v) is 2.77. The molecule has 0 saturated heterocycles. The highest BCUT2D eigenvalue weighted by molar-refractivity contribution is 5.77. The average molecular weight is 264 g/mol. The van der Waals surface area contributed by atoms with E-state index in [4.69, 9.17) is 4.74 Å². The highest BCUT2D eigenvalue weighted by Gasteiger charge is 2.04. The second-order valence-corrected chi connectivity index (χ2v) is 4.72. The molecule has 1 amide bonds. The Morgan fingerprint density at radius 1 is 1.32 bits per heavy atom. The van der Waals surface area contributed by atoms with Gasteiger partial charge in [0.2, 0.25) is 0 Å². The molecule has 0 aliphatic heterocycles. The van der Waals surface area contributed by atoms with Gasteiger partial charge < -0.3 is 15.4 Å². The lowest BCUT2D eigenvalue weighted by Crippen LogP contribution is -2.34. The summed E-state index contributed by atoms with van der Waals surface area (Å²) in [5.41, 5.74) is 1.21. The Balaban J connectivity index is 2.31. The monoisotopic (exact) mass is 264 g/mol. The third kappa shape index (κ3) is 6.25. The van der Waals surface area contributed by atoms with E-state index in [1.54, 1.807) is 0 Å². The minimum absolute atomic E-state index is 0.0632. The third-order valence-electron chi connectivity index (χ3n) is 2.77. The Morgan fingerprint density at radius 3 is 2.79 bits per heavy atom. The van der Waals surface area contributed by atoms with Crippen LogP contribution >= 0.6 is 0 Å². The summed E-state index contributed by atoms with van der Waals surface area (Å²) in [5.74, 6) is 1.11. The number of rotatable bonds is 8. The zero-order valence-electron chi connectivity index (χ0n) is 12.0. The van der Waals surface area contributed by atoms with Crippen molar-refractivity contribution in [3.8, 4) is 5.75 Å². The van der Waals surface area contributed by atoms with Crippen molar-refractivity contribution in [3.63, 3.8) is 0 Å². The van der Waals surface area contributed by atoms with Crippen LogP contribution in [0.15, 0.2) is 24.3 Å². The van der Waals surface area contributed by atoms with E-state index in [-0.39, 0.29) is 12.5 Å². The van der Waals surface area contributed by atoms with Crippen LogP contribution in [0.2, 0.25) is 0 Å². The average Bonchev–Trinajstić information content (AvgIpc) is 2.41. The molecule has 19 heavy (non-hydrogen) atoms. The molecule has 0 aliphatic rings. The van der Waals surface area contributed by atoms with Gasteiger partial charge in [0.05, 0.1) is 0 Å². The maximum absolute atomic E-state index is 11.5. The van der Waals surface area contributed by atoms with Gasteiger partial charge >= 0.3 is 0 Å². The van der Waals surface area contributed by atoms with Crippen LogP contribution in [0.4, 0.5) is 0 Å². The van der Waals surface area contributed by atoms with E-state index >= 15 is 0 Å². The molecule has 0 unspecified atom stereocenters. The molecule has 2 N–H and O–H groups in total. The molecule has 1 rings (SSSR count). The first-order valence-electron chi connectivity index (χ1n) is 6.83. The SMILES string of the molecule is CCNCCNC(=O)COc1cccc(C(C)C)c1. The number of amides is 1. The molecule has 0 bridgehead atoms. The molecular weight excluding hydrogens is 240 g/mol. The molecule has 0 heterocycles. The largest absolute Gasteiger partial charge is 0.484 e. The Hall–Kier alpha value is -1.55. The summed E-state index contributed by atoms with van der Waals surface area (Å²) >= 11 is 0. The summed E-state index contributed by atoms with van der Waals surface area (Å²) < 4.78 is 5.48. The predicted molar refractivity (Wildman–Crippen MR) is 77.6 cm³/mol. The molecule has 1 aromatic carbocycles. The normalized spacial score (nSPS) is 10.5. The number of hydrogen-bond donors (Lipinski definition) is 2. The molecule has 1 aromatic rings. The Morgan fingerprint density at radius 2 is 2.11 bits per heavy atom. The lowest BCUT2D eigenvalue weighted by atomic mass is 10.0. The van der Waals surface area contributed by atoms with Gasteiger partial charge in [0.25, 0.3) is 5.91 Å². The number of benzene rings is 1. The van der Waals surface area contributed by atoms with E-state index in [1.165, 1.54) is 5.56 Å². The van der Waals surface area contributed by atoms with E-state index in [0.717, 1.165) is 18.8 Å². The molecular formula is C15H24N2O2. The van der Waals surface area contributed by atoms with Crippen LogP contribution in [0.1, 0.15) is 32.3 Å². The van der Waals surface area contributed by atoms with Crippen LogP contribution in [0.25, 0.3) is 0 Å². The molecule has 4 nitrogen and oxygen atoms in total. The van der Waals surface area contributed by atoms with E-state index in [1.807, 2.05) is 25.1 Å². The van der Waals surface area contributed by atoms with Crippen molar-refractivity contribution >= 4 is 5.91 Å². The lowest BCUT2D eigenvalue weighted by Gasteiger charge is -2.10. The van der Waals surface area contributed by atoms with Gasteiger partial charge in [-0.1, -0.05) is 32.9 Å². The van der Waals surface area contributed by atoms with Gasteiger partial charge in [-0.3, -0.25) is 4.79 Å². The van der Waals surface area contributed by atoms with Gasteiger partial charge in [0, 0.05) is 13.1 Å². The minimum Gasteiger partial charge on any atom is -0.484 e. The molecule has 4 heteroatoms. The van der Waals surface area contributed by atoms with E-state index in [0.29, 0.717) is 12.5 Å². The van der Waals surface area contributed by atoms with Crippen LogP contribution in [0, 0.1) is 0 Å². The van der Waals surface area contributed by atoms with Crippen molar-refractivity contribution in [2.75, 3.05) is 26.2 Å². The Bertz CT molecular complexity index is 391. The predicted octanol–water partition coefficient (Wildman–Crippen LogP) is 1.91. The molecule has 0 spiro atoms. The Kier molecular flexibility index (Phi) is 6.97. The fraction of sp³-hybridized carbons (Fsp3) is 0.533. The summed E-state index contributed by atoms with van der Waals surface area (Å²) in [5, 5.41) is 5.94. The summed E-state index contributed by atoms with van der Waals surface area (Å²) in [7, 11) is 0. The van der Waals surface area contributed by atoms with Gasteiger partial charge in [-0.15, -0.1) is 0 Å². The first-order chi connectivity index (χ1) is 9.13. The van der Waals surface area contributed by atoms with Gasteiger partial charge in [-0.25, -0.2) is 0 Å². The highest BCUT2D eigenvalue weighted by Crippen LogP contribution is 2.19. The second kappa shape index (κ2) is 8.53. The van der Waals surface area contributed by atoms with Crippen molar-refractivity contribution in [1.29, 1.82) is 0 Å². The summed E-state index contributed by atoms with van der Waals surface area (Å²) in [6, 6.07) is 7.87. The highest BCUT2D eigenvalue weighted by atomic mass is 16.5. The summed E-state index contributed by atoms with van der Waals surface area (Å²) in [6.45, 7) is 8.68. The van der Waals surface area contributed by atoms with Gasteiger partial charge in [0.1, 0.15) is 5.75 Å². The van der Waals surface area contributed by atoms with E-state index in [9.17, 15) is 4.79 Å². The fourth-order valence-corrected chi connectivity index (χ4v) is 1.63. The first kappa shape index (κ1) is 15.5. The number of ether oxygens (including phenoxy) is 1. The summed E-state index contributed by atoms with van der Waals surface area (Å²) in [4.78, 5) is 11.5. The zero-order chi connectivity index (χ0) is 14.1. The molecule has 0 aliphatic carbocycles. The molecule has 0 aromatic heterocycles. The zero-order valence-corrected chi connectivity index (χ0v) is 12.0. The second-order valence-electron chi connectivity index (χ2n) is 4.72. The van der Waals surface area contributed by atoms with Crippen molar-refractivity contribution in [1.82, 2.24) is 10.6 Å². The smallest absolute Gasteiger partial charge is 0.257 e. The topological polar surface area (TPSA) is 50.4 Å². The van der Waals surface area contributed by atoms with Crippen molar-refractivity contribution in [3.05, 3.63) is 29.8 Å². The maximum Gasteiger partial charge on any atom is 0.257 e. The Labute approximate surface area is 115 Å². The van der Waals surface area contributed by atoms with E-state index in [2.05, 4.69) is 30.5 Å². The molecule has 0 atom stereocenters. The van der Waals surface area contributed by atoms with Crippen molar-refractivity contribution in [2.24, 2.45) is 0 Å². The lowest BCUT2D eigenvalue weighted by molar-refractivity contribution is -0.123. The van der Waals surface area contributed by atoms with Crippen molar-refractivity contribution < 1.29 is 9.53 Å². The van der Waals surface area contributed by atoms with E-state index < -0.39 is 0 Å². The maximum atomic E-state index is 11.5. The fourth-order valence-electron chi connectivity index (χ4n) is 1.63. The quantitative estimate of drug-likeness (QED) is 0.705. The van der Waals surface area contributed by atoms with Crippen molar-refractivity contribution in [2.45, 2.75) is 26.7 Å². The van der Waals surface area contributed by atoms with Crippen LogP contribution in [0.3, 0.4) is 0 Å². The minimum atomic E-state index is -0.0900. The molecule has 0 radical (unpaired) electrons. The van der Waals surface area contributed by atoms with Crippen LogP contribution in [-0.2, 0) is 4.79 Å². The van der Waals surface area contributed by atoms with Gasteiger partial charge in [-0.05, 0) is 30.2 Å². The van der Waals surface area contributed by atoms with Gasteiger partial charge in [0.15, 0.2) is 6.61 Å². The number of likely N-dealkylation sites (N-methyl/N-ethyl adjacent to an activating group) is 1. The van der Waals surface area contributed by atoms with Crippen LogP contribution in [0.5, 0.6) is 5.75 Å². The number of nitrogens with one attached hydrogen (secondary N) is 2. The number of hydrogen-bond acceptors (Lipinski definition) is 3. The molecule has 0 saturated carbocycles. The first-order valence-corrected chi connectivity index (χ1v) is 6.83. The molecule has 106 valence electrons. The van der Waals surface area contributed by atoms with Gasteiger partial charge in [-0.2, -0.15) is 0 Å². The summed E-state index contributed by atoms with van der Waals surface area (Å²) in [6.07, 6.45) is 0.